The van der Waals surface area contributed by atoms with Crippen LogP contribution in [0.4, 0.5) is 5.69 Å². The van der Waals surface area contributed by atoms with Crippen LogP contribution in [0.25, 0.3) is 0 Å². The number of ketones is 1. The molecule has 1 heterocycles. The molecule has 1 amide bonds. The van der Waals surface area contributed by atoms with Gasteiger partial charge in [0, 0.05) is 17.2 Å². The van der Waals surface area contributed by atoms with Gasteiger partial charge in [-0.15, -0.1) is 0 Å². The molecule has 3 rings (SSSR count). The molecule has 0 saturated carbocycles. The van der Waals surface area contributed by atoms with Gasteiger partial charge in [-0.25, -0.2) is 0 Å². The molecule has 0 aliphatic carbocycles. The van der Waals surface area contributed by atoms with E-state index in [1.807, 2.05) is 0 Å². The van der Waals surface area contributed by atoms with E-state index in [-0.39, 0.29) is 16.4 Å². The summed E-state index contributed by atoms with van der Waals surface area (Å²) in [6.45, 7) is 4.74. The average molecular weight is 419 g/mol. The number of rotatable bonds is 4. The second-order valence-corrected chi connectivity index (χ2v) is 7.68. The van der Waals surface area contributed by atoms with Crippen molar-refractivity contribution in [3.63, 3.8) is 0 Å². The first-order valence-corrected chi connectivity index (χ1v) is 9.16. The third-order valence-electron chi connectivity index (χ3n) is 4.86. The van der Waals surface area contributed by atoms with Crippen molar-refractivity contribution in [2.75, 3.05) is 0 Å². The summed E-state index contributed by atoms with van der Waals surface area (Å²) in [6, 6.07) is 7.75. The van der Waals surface area contributed by atoms with Crippen LogP contribution in [0.3, 0.4) is 0 Å². The number of halogens is 1. The van der Waals surface area contributed by atoms with E-state index >= 15 is 0 Å². The van der Waals surface area contributed by atoms with Crippen LogP contribution in [-0.2, 0) is 0 Å². The average Bonchev–Trinajstić information content (AvgIpc) is 2.64. The Bertz CT molecular complexity index is 1020. The van der Waals surface area contributed by atoms with Gasteiger partial charge in [0.05, 0.1) is 16.5 Å². The maximum atomic E-state index is 12.9. The molecule has 0 spiro atoms. The molecule has 152 valence electrons. The summed E-state index contributed by atoms with van der Waals surface area (Å²) in [5, 5.41) is 24.3. The number of carbonyl (C=O) groups excluding carboxylic acids is 2. The number of nitro groups is 1. The van der Waals surface area contributed by atoms with E-state index in [0.29, 0.717) is 16.9 Å². The maximum absolute atomic E-state index is 12.9. The molecule has 2 aromatic rings. The number of nitrogens with one attached hydrogen (secondary N) is 1. The summed E-state index contributed by atoms with van der Waals surface area (Å²) in [5.74, 6) is -0.459. The summed E-state index contributed by atoms with van der Waals surface area (Å²) in [7, 11) is 0. The molecule has 8 nitrogen and oxygen atoms in total. The first-order valence-electron chi connectivity index (χ1n) is 8.78. The van der Waals surface area contributed by atoms with Gasteiger partial charge in [0.25, 0.3) is 11.6 Å². The zero-order valence-electron chi connectivity index (χ0n) is 15.9. The van der Waals surface area contributed by atoms with Crippen LogP contribution in [-0.4, -0.2) is 33.4 Å². The Labute approximate surface area is 171 Å². The summed E-state index contributed by atoms with van der Waals surface area (Å²) < 4.78 is 5.83. The number of hydrogen-bond acceptors (Lipinski definition) is 6. The third-order valence-corrected chi connectivity index (χ3v) is 5.26. The van der Waals surface area contributed by atoms with Crippen LogP contribution in [0.1, 0.15) is 53.1 Å². The van der Waals surface area contributed by atoms with Crippen molar-refractivity contribution in [1.29, 1.82) is 0 Å². The Morgan fingerprint density at radius 3 is 2.59 bits per heavy atom. The quantitative estimate of drug-likeness (QED) is 0.446. The monoisotopic (exact) mass is 418 g/mol. The minimum absolute atomic E-state index is 0.0957. The van der Waals surface area contributed by atoms with Gasteiger partial charge in [-0.3, -0.25) is 19.7 Å². The number of nitro benzene ring substituents is 1. The van der Waals surface area contributed by atoms with E-state index in [4.69, 9.17) is 16.3 Å². The van der Waals surface area contributed by atoms with Gasteiger partial charge in [0.2, 0.25) is 0 Å². The second kappa shape index (κ2) is 7.46. The minimum Gasteiger partial charge on any atom is -0.485 e. The highest BCUT2D eigenvalue weighted by Gasteiger charge is 2.44. The molecular formula is C20H19ClN2O6. The topological polar surface area (TPSA) is 119 Å². The van der Waals surface area contributed by atoms with Crippen molar-refractivity contribution in [2.45, 2.75) is 38.5 Å². The number of nitrogens with zero attached hydrogens (tertiary/aromatic N) is 1. The molecular weight excluding hydrogens is 400 g/mol. The number of fused-ring (bicyclic) bond motifs is 1. The molecule has 0 saturated heterocycles. The smallest absolute Gasteiger partial charge is 0.288 e. The molecule has 2 aromatic carbocycles. The molecule has 29 heavy (non-hydrogen) atoms. The van der Waals surface area contributed by atoms with E-state index < -0.39 is 34.3 Å². The SMILES string of the molecule is CC(=O)c1ccc2c(c1)[C@@H](NC(=O)c1cccc([N+](=O)[O-])c1Cl)[C@H](O)C(C)(C)O2. The number of aliphatic hydroxyl groups is 1. The van der Waals surface area contributed by atoms with Crippen LogP contribution < -0.4 is 10.1 Å². The molecule has 9 heteroatoms. The molecule has 2 atom stereocenters. The van der Waals surface area contributed by atoms with Gasteiger partial charge in [-0.1, -0.05) is 17.7 Å². The zero-order valence-corrected chi connectivity index (χ0v) is 16.7. The third kappa shape index (κ3) is 3.81. The summed E-state index contributed by atoms with van der Waals surface area (Å²) in [4.78, 5) is 35.0. The van der Waals surface area contributed by atoms with Crippen molar-refractivity contribution < 1.29 is 24.4 Å². The predicted octanol–water partition coefficient (Wildman–Crippen LogP) is 3.45. The molecule has 0 radical (unpaired) electrons. The van der Waals surface area contributed by atoms with Crippen LogP contribution in [0.15, 0.2) is 36.4 Å². The highest BCUT2D eigenvalue weighted by molar-refractivity contribution is 6.35. The van der Waals surface area contributed by atoms with Crippen LogP contribution in [0.2, 0.25) is 5.02 Å². The van der Waals surface area contributed by atoms with Crippen LogP contribution in [0, 0.1) is 10.1 Å². The van der Waals surface area contributed by atoms with E-state index in [1.165, 1.54) is 25.1 Å². The lowest BCUT2D eigenvalue weighted by molar-refractivity contribution is -0.384. The fourth-order valence-corrected chi connectivity index (χ4v) is 3.51. The van der Waals surface area contributed by atoms with Crippen LogP contribution >= 0.6 is 11.6 Å². The lowest BCUT2D eigenvalue weighted by Crippen LogP contribution is -2.53. The highest BCUT2D eigenvalue weighted by Crippen LogP contribution is 2.40. The molecule has 0 bridgehead atoms. The number of aliphatic hydroxyl groups excluding tert-OH is 1. The fraction of sp³-hybridized carbons (Fsp3) is 0.300. The van der Waals surface area contributed by atoms with Crippen molar-refractivity contribution in [1.82, 2.24) is 5.32 Å². The second-order valence-electron chi connectivity index (χ2n) is 7.31. The largest absolute Gasteiger partial charge is 0.485 e. The van der Waals surface area contributed by atoms with Crippen LogP contribution in [0.5, 0.6) is 5.75 Å². The molecule has 0 unspecified atom stereocenters. The molecule has 0 aromatic heterocycles. The van der Waals surface area contributed by atoms with Gasteiger partial charge in [-0.2, -0.15) is 0 Å². The van der Waals surface area contributed by atoms with Gasteiger partial charge in [0.1, 0.15) is 22.5 Å². The van der Waals surface area contributed by atoms with E-state index in [2.05, 4.69) is 5.32 Å². The van der Waals surface area contributed by atoms with Gasteiger partial charge in [-0.05, 0) is 45.0 Å². The van der Waals surface area contributed by atoms with Crippen molar-refractivity contribution in [3.05, 3.63) is 68.2 Å². The fourth-order valence-electron chi connectivity index (χ4n) is 3.23. The predicted molar refractivity (Wildman–Crippen MR) is 105 cm³/mol. The lowest BCUT2D eigenvalue weighted by Gasteiger charge is -2.42. The number of Topliss-reactive ketones (excluding diaryl/α,β-unsaturated/α-hetero) is 1. The molecule has 2 N–H and O–H groups in total. The van der Waals surface area contributed by atoms with E-state index in [1.54, 1.807) is 32.0 Å². The van der Waals surface area contributed by atoms with Gasteiger partial charge in [0.15, 0.2) is 5.78 Å². The number of amides is 1. The Morgan fingerprint density at radius 1 is 1.28 bits per heavy atom. The standard InChI is InChI=1S/C20H19ClN2O6/c1-10(24)11-7-8-15-13(9-11)17(18(25)20(2,3)29-15)22-19(26)12-5-4-6-14(16(12)21)23(27)28/h4-9,17-18,25H,1-3H3,(H,22,26)/t17-,18+/m1/s1. The lowest BCUT2D eigenvalue weighted by atomic mass is 9.85. The molecule has 0 fully saturated rings. The number of ether oxygens (including phenoxy) is 1. The first-order chi connectivity index (χ1) is 13.5. The van der Waals surface area contributed by atoms with Crippen molar-refractivity contribution in [2.24, 2.45) is 0 Å². The van der Waals surface area contributed by atoms with Gasteiger partial charge >= 0.3 is 0 Å². The Hall–Kier alpha value is -2.97. The highest BCUT2D eigenvalue weighted by atomic mass is 35.5. The number of benzene rings is 2. The Kier molecular flexibility index (Phi) is 5.34. The summed E-state index contributed by atoms with van der Waals surface area (Å²) in [6.07, 6.45) is -1.15. The minimum atomic E-state index is -1.15. The van der Waals surface area contributed by atoms with Crippen molar-refractivity contribution in [3.8, 4) is 5.75 Å². The molecule has 1 aliphatic rings. The maximum Gasteiger partial charge on any atom is 0.288 e. The number of carbonyl (C=O) groups is 2. The molecule has 1 aliphatic heterocycles. The summed E-state index contributed by atoms with van der Waals surface area (Å²) >= 11 is 6.04. The Morgan fingerprint density at radius 2 is 1.97 bits per heavy atom. The van der Waals surface area contributed by atoms with E-state index in [0.717, 1.165) is 0 Å². The Balaban J connectivity index is 2.03. The number of hydrogen-bond donors (Lipinski definition) is 2. The first kappa shape index (κ1) is 20.8. The van der Waals surface area contributed by atoms with Crippen molar-refractivity contribution >= 4 is 29.0 Å². The van der Waals surface area contributed by atoms with E-state index in [9.17, 15) is 24.8 Å². The summed E-state index contributed by atoms with van der Waals surface area (Å²) in [5.41, 5.74) is -0.700. The zero-order chi connectivity index (χ0) is 21.5. The van der Waals surface area contributed by atoms with Gasteiger partial charge < -0.3 is 15.2 Å². The normalized spacial score (nSPS) is 19.6.